The molecule has 1 aliphatic rings. The molecule has 0 saturated carbocycles. The molecule has 3 heteroatoms. The number of hydrogen-bond donors (Lipinski definition) is 1. The second-order valence-corrected chi connectivity index (χ2v) is 4.65. The minimum absolute atomic E-state index is 0.147. The molecule has 0 aromatic heterocycles. The summed E-state index contributed by atoms with van der Waals surface area (Å²) in [5.41, 5.74) is 1.25. The van der Waals surface area contributed by atoms with Crippen molar-refractivity contribution in [2.75, 3.05) is 26.3 Å². The molecule has 1 aromatic rings. The first-order chi connectivity index (χ1) is 8.90. The van der Waals surface area contributed by atoms with Crippen molar-refractivity contribution >= 4 is 0 Å². The van der Waals surface area contributed by atoms with E-state index in [0.717, 1.165) is 39.1 Å². The predicted molar refractivity (Wildman–Crippen MR) is 72.7 cm³/mol. The Hall–Kier alpha value is -0.900. The van der Waals surface area contributed by atoms with Crippen LogP contribution in [0.3, 0.4) is 0 Å². The molecule has 1 aliphatic heterocycles. The Labute approximate surface area is 109 Å². The lowest BCUT2D eigenvalue weighted by atomic mass is 10.1. The summed E-state index contributed by atoms with van der Waals surface area (Å²) >= 11 is 0. The van der Waals surface area contributed by atoms with Crippen molar-refractivity contribution in [2.24, 2.45) is 0 Å². The third-order valence-corrected chi connectivity index (χ3v) is 3.28. The highest BCUT2D eigenvalue weighted by Crippen LogP contribution is 2.22. The van der Waals surface area contributed by atoms with Crippen LogP contribution in [0.15, 0.2) is 30.3 Å². The minimum Gasteiger partial charge on any atom is -0.381 e. The number of likely N-dealkylation sites (N-methyl/N-ethyl adjacent to an activating group) is 1. The van der Waals surface area contributed by atoms with Gasteiger partial charge in [-0.05, 0) is 24.9 Å². The summed E-state index contributed by atoms with van der Waals surface area (Å²) in [4.78, 5) is 0. The zero-order valence-electron chi connectivity index (χ0n) is 11.1. The molecule has 1 N–H and O–H groups in total. The van der Waals surface area contributed by atoms with Crippen molar-refractivity contribution in [3.63, 3.8) is 0 Å². The van der Waals surface area contributed by atoms with Gasteiger partial charge in [-0.2, -0.15) is 0 Å². The van der Waals surface area contributed by atoms with E-state index in [-0.39, 0.29) is 6.10 Å². The van der Waals surface area contributed by atoms with Crippen LogP contribution in [0.1, 0.15) is 31.4 Å². The zero-order chi connectivity index (χ0) is 12.6. The summed E-state index contributed by atoms with van der Waals surface area (Å²) in [6.07, 6.45) is 2.50. The molecule has 18 heavy (non-hydrogen) atoms. The van der Waals surface area contributed by atoms with Gasteiger partial charge in [0, 0.05) is 19.8 Å². The van der Waals surface area contributed by atoms with Gasteiger partial charge >= 0.3 is 0 Å². The Kier molecular flexibility index (Phi) is 5.65. The lowest BCUT2D eigenvalue weighted by Gasteiger charge is -2.28. The fourth-order valence-corrected chi connectivity index (χ4v) is 2.23. The average Bonchev–Trinajstić information content (AvgIpc) is 2.45. The van der Waals surface area contributed by atoms with Gasteiger partial charge in [0.05, 0.1) is 12.2 Å². The second-order valence-electron chi connectivity index (χ2n) is 4.65. The number of benzene rings is 1. The van der Waals surface area contributed by atoms with E-state index in [0.29, 0.717) is 6.10 Å². The van der Waals surface area contributed by atoms with Crippen LogP contribution < -0.4 is 5.32 Å². The predicted octanol–water partition coefficient (Wildman–Crippen LogP) is 2.53. The van der Waals surface area contributed by atoms with Crippen LogP contribution in [0.4, 0.5) is 0 Å². The molecule has 1 unspecified atom stereocenters. The first-order valence-electron chi connectivity index (χ1n) is 6.89. The van der Waals surface area contributed by atoms with Crippen LogP contribution in [0.25, 0.3) is 0 Å². The molecule has 1 heterocycles. The summed E-state index contributed by atoms with van der Waals surface area (Å²) in [6, 6.07) is 10.5. The number of nitrogens with one attached hydrogen (secondary N) is 1. The van der Waals surface area contributed by atoms with Crippen LogP contribution in [-0.4, -0.2) is 32.4 Å². The van der Waals surface area contributed by atoms with Crippen LogP contribution in [-0.2, 0) is 9.47 Å². The maximum Gasteiger partial charge on any atom is 0.0953 e. The SMILES string of the molecule is CCNCC(OC1CCOCC1)c1ccccc1. The Morgan fingerprint density at radius 3 is 2.67 bits per heavy atom. The van der Waals surface area contributed by atoms with Crippen molar-refractivity contribution in [1.29, 1.82) is 0 Å². The quantitative estimate of drug-likeness (QED) is 0.840. The maximum atomic E-state index is 6.24. The summed E-state index contributed by atoms with van der Waals surface area (Å²) in [5.74, 6) is 0. The molecule has 0 aliphatic carbocycles. The minimum atomic E-state index is 0.147. The first-order valence-corrected chi connectivity index (χ1v) is 6.89. The largest absolute Gasteiger partial charge is 0.381 e. The maximum absolute atomic E-state index is 6.24. The van der Waals surface area contributed by atoms with Crippen molar-refractivity contribution in [1.82, 2.24) is 5.32 Å². The van der Waals surface area contributed by atoms with Crippen LogP contribution >= 0.6 is 0 Å². The number of ether oxygens (including phenoxy) is 2. The zero-order valence-corrected chi connectivity index (χ0v) is 11.1. The molecule has 1 saturated heterocycles. The molecule has 1 aromatic carbocycles. The first kappa shape index (κ1) is 13.5. The summed E-state index contributed by atoms with van der Waals surface area (Å²) in [5, 5.41) is 3.38. The smallest absolute Gasteiger partial charge is 0.0953 e. The fraction of sp³-hybridized carbons (Fsp3) is 0.600. The highest BCUT2D eigenvalue weighted by atomic mass is 16.5. The van der Waals surface area contributed by atoms with Crippen LogP contribution in [0.2, 0.25) is 0 Å². The van der Waals surface area contributed by atoms with Gasteiger partial charge in [-0.1, -0.05) is 37.3 Å². The van der Waals surface area contributed by atoms with Gasteiger partial charge in [0.25, 0.3) is 0 Å². The van der Waals surface area contributed by atoms with E-state index in [1.165, 1.54) is 5.56 Å². The summed E-state index contributed by atoms with van der Waals surface area (Å²) in [7, 11) is 0. The molecule has 0 radical (unpaired) electrons. The molecule has 3 nitrogen and oxygen atoms in total. The van der Waals surface area contributed by atoms with E-state index in [1.54, 1.807) is 0 Å². The van der Waals surface area contributed by atoms with Crippen molar-refractivity contribution < 1.29 is 9.47 Å². The van der Waals surface area contributed by atoms with Crippen LogP contribution in [0, 0.1) is 0 Å². The third kappa shape index (κ3) is 4.09. The van der Waals surface area contributed by atoms with Gasteiger partial charge in [-0.3, -0.25) is 0 Å². The van der Waals surface area contributed by atoms with Crippen LogP contribution in [0.5, 0.6) is 0 Å². The van der Waals surface area contributed by atoms with E-state index in [1.807, 2.05) is 6.07 Å². The third-order valence-electron chi connectivity index (χ3n) is 3.28. The molecular weight excluding hydrogens is 226 g/mol. The molecule has 0 bridgehead atoms. The lowest BCUT2D eigenvalue weighted by molar-refractivity contribution is -0.0687. The molecule has 2 rings (SSSR count). The van der Waals surface area contributed by atoms with Gasteiger partial charge in [0.1, 0.15) is 0 Å². The normalized spacial score (nSPS) is 18.7. The van der Waals surface area contributed by atoms with E-state index in [4.69, 9.17) is 9.47 Å². The Morgan fingerprint density at radius 1 is 1.28 bits per heavy atom. The van der Waals surface area contributed by atoms with Crippen molar-refractivity contribution in [3.8, 4) is 0 Å². The summed E-state index contributed by atoms with van der Waals surface area (Å²) < 4.78 is 11.6. The highest BCUT2D eigenvalue weighted by molar-refractivity contribution is 5.18. The molecule has 1 fully saturated rings. The topological polar surface area (TPSA) is 30.5 Å². The van der Waals surface area contributed by atoms with E-state index in [2.05, 4.69) is 36.5 Å². The number of rotatable bonds is 6. The van der Waals surface area contributed by atoms with Crippen molar-refractivity contribution in [2.45, 2.75) is 32.0 Å². The van der Waals surface area contributed by atoms with E-state index in [9.17, 15) is 0 Å². The van der Waals surface area contributed by atoms with Crippen molar-refractivity contribution in [3.05, 3.63) is 35.9 Å². The monoisotopic (exact) mass is 249 g/mol. The van der Waals surface area contributed by atoms with Gasteiger partial charge < -0.3 is 14.8 Å². The summed E-state index contributed by atoms with van der Waals surface area (Å²) in [6.45, 7) is 5.62. The Bertz CT molecular complexity index is 323. The Morgan fingerprint density at radius 2 is 2.00 bits per heavy atom. The fourth-order valence-electron chi connectivity index (χ4n) is 2.23. The van der Waals surface area contributed by atoms with E-state index < -0.39 is 0 Å². The molecular formula is C15H23NO2. The molecule has 0 spiro atoms. The Balaban J connectivity index is 1.95. The molecule has 100 valence electrons. The van der Waals surface area contributed by atoms with Gasteiger partial charge in [0.15, 0.2) is 0 Å². The van der Waals surface area contributed by atoms with Gasteiger partial charge in [-0.15, -0.1) is 0 Å². The van der Waals surface area contributed by atoms with Gasteiger partial charge in [0.2, 0.25) is 0 Å². The molecule has 1 atom stereocenters. The van der Waals surface area contributed by atoms with Gasteiger partial charge in [-0.25, -0.2) is 0 Å². The standard InChI is InChI=1S/C15H23NO2/c1-2-16-12-15(13-6-4-3-5-7-13)18-14-8-10-17-11-9-14/h3-7,14-16H,2,8-12H2,1H3. The lowest BCUT2D eigenvalue weighted by Crippen LogP contribution is -2.30. The average molecular weight is 249 g/mol. The van der Waals surface area contributed by atoms with E-state index >= 15 is 0 Å². The number of hydrogen-bond acceptors (Lipinski definition) is 3. The second kappa shape index (κ2) is 7.52. The highest BCUT2D eigenvalue weighted by Gasteiger charge is 2.20. The molecule has 0 amide bonds.